The number of ether oxygens (including phenoxy) is 1. The van der Waals surface area contributed by atoms with E-state index in [1.807, 2.05) is 20.8 Å². The van der Waals surface area contributed by atoms with E-state index in [0.717, 1.165) is 43.9 Å². The van der Waals surface area contributed by atoms with Crippen LogP contribution in [0.2, 0.25) is 0 Å². The summed E-state index contributed by atoms with van der Waals surface area (Å²) in [6.45, 7) is 7.50. The maximum absolute atomic E-state index is 13.2. The highest BCUT2D eigenvalue weighted by atomic mass is 32.2. The van der Waals surface area contributed by atoms with Gasteiger partial charge < -0.3 is 20.3 Å². The van der Waals surface area contributed by atoms with Gasteiger partial charge in [0.25, 0.3) is 0 Å². The highest BCUT2D eigenvalue weighted by Crippen LogP contribution is 2.30. The van der Waals surface area contributed by atoms with Gasteiger partial charge >= 0.3 is 12.3 Å². The topological polar surface area (TPSA) is 104 Å². The molecule has 0 bridgehead atoms. The molecule has 0 aliphatic carbocycles. The monoisotopic (exact) mass is 583 g/mol. The van der Waals surface area contributed by atoms with Crippen LogP contribution in [-0.4, -0.2) is 67.7 Å². The lowest BCUT2D eigenvalue weighted by molar-refractivity contribution is -0.137. The largest absolute Gasteiger partial charge is 0.444 e. The van der Waals surface area contributed by atoms with E-state index in [0.29, 0.717) is 31.7 Å². The molecule has 4 rings (SSSR count). The number of amides is 1. The fourth-order valence-electron chi connectivity index (χ4n) is 4.83. The van der Waals surface area contributed by atoms with E-state index in [2.05, 4.69) is 20.5 Å². The van der Waals surface area contributed by atoms with Crippen molar-refractivity contribution in [2.24, 2.45) is 0 Å². The summed E-state index contributed by atoms with van der Waals surface area (Å²) in [7, 11) is -3.68. The third-order valence-corrected chi connectivity index (χ3v) is 8.87. The van der Waals surface area contributed by atoms with Crippen LogP contribution in [0.3, 0.4) is 0 Å². The summed E-state index contributed by atoms with van der Waals surface area (Å²) in [6, 6.07) is 9.04. The molecule has 1 amide bonds. The van der Waals surface area contributed by atoms with Crippen molar-refractivity contribution in [3.63, 3.8) is 0 Å². The molecule has 2 fully saturated rings. The summed E-state index contributed by atoms with van der Waals surface area (Å²) < 4.78 is 71.5. The van der Waals surface area contributed by atoms with Gasteiger partial charge in [-0.1, -0.05) is 0 Å². The maximum Gasteiger partial charge on any atom is 0.417 e. The zero-order valence-corrected chi connectivity index (χ0v) is 23.7. The van der Waals surface area contributed by atoms with Crippen molar-refractivity contribution in [3.8, 4) is 0 Å². The van der Waals surface area contributed by atoms with Crippen LogP contribution in [0.15, 0.2) is 47.5 Å². The van der Waals surface area contributed by atoms with Gasteiger partial charge in [0.1, 0.15) is 11.4 Å². The zero-order chi connectivity index (χ0) is 29.1. The molecule has 2 N–H and O–H groups in total. The number of piperidine rings is 2. The SMILES string of the molecule is CC(C)(C)OC(=O)NC1CCN(c2ccc(S(=O)(=O)N3CCC(Nc4ccc(C(F)(F)F)cn4)CC3)cc2)CC1. The number of aromatic nitrogens is 1. The normalized spacial score (nSPS) is 18.4. The van der Waals surface area contributed by atoms with Crippen LogP contribution in [0.25, 0.3) is 0 Å². The van der Waals surface area contributed by atoms with Gasteiger partial charge in [-0.25, -0.2) is 18.2 Å². The van der Waals surface area contributed by atoms with Crippen LogP contribution in [0.4, 0.5) is 29.5 Å². The van der Waals surface area contributed by atoms with Gasteiger partial charge in [-0.05, 0) is 82.9 Å². The van der Waals surface area contributed by atoms with Gasteiger partial charge in [0.05, 0.1) is 10.5 Å². The highest BCUT2D eigenvalue weighted by molar-refractivity contribution is 7.89. The second-order valence-electron chi connectivity index (χ2n) is 11.2. The number of benzene rings is 1. The lowest BCUT2D eigenvalue weighted by atomic mass is 10.0. The van der Waals surface area contributed by atoms with E-state index in [-0.39, 0.29) is 17.0 Å². The first-order valence-corrected chi connectivity index (χ1v) is 14.8. The van der Waals surface area contributed by atoms with Crippen molar-refractivity contribution < 1.29 is 31.1 Å². The Kier molecular flexibility index (Phi) is 8.83. The molecule has 0 radical (unpaired) electrons. The number of pyridine rings is 1. The summed E-state index contributed by atoms with van der Waals surface area (Å²) in [5, 5.41) is 6.02. The predicted molar refractivity (Wildman–Crippen MR) is 146 cm³/mol. The maximum atomic E-state index is 13.2. The minimum Gasteiger partial charge on any atom is -0.444 e. The molecule has 0 atom stereocenters. The Morgan fingerprint density at radius 3 is 2.05 bits per heavy atom. The van der Waals surface area contributed by atoms with E-state index in [1.165, 1.54) is 10.4 Å². The van der Waals surface area contributed by atoms with Crippen LogP contribution < -0.4 is 15.5 Å². The fraction of sp³-hybridized carbons (Fsp3) is 0.556. The summed E-state index contributed by atoms with van der Waals surface area (Å²) in [5.41, 5.74) is -0.446. The van der Waals surface area contributed by atoms with Crippen LogP contribution >= 0.6 is 0 Å². The molecule has 1 aromatic heterocycles. The predicted octanol–water partition coefficient (Wildman–Crippen LogP) is 4.86. The van der Waals surface area contributed by atoms with Crippen LogP contribution in [0, 0.1) is 0 Å². The lowest BCUT2D eigenvalue weighted by Gasteiger charge is -2.34. The molecule has 2 saturated heterocycles. The van der Waals surface area contributed by atoms with Crippen molar-refractivity contribution in [1.82, 2.24) is 14.6 Å². The Morgan fingerprint density at radius 1 is 0.925 bits per heavy atom. The highest BCUT2D eigenvalue weighted by Gasteiger charge is 2.32. The molecule has 3 heterocycles. The smallest absolute Gasteiger partial charge is 0.417 e. The zero-order valence-electron chi connectivity index (χ0n) is 22.9. The first kappa shape index (κ1) is 29.9. The number of sulfonamides is 1. The molecule has 40 heavy (non-hydrogen) atoms. The summed E-state index contributed by atoms with van der Waals surface area (Å²) >= 11 is 0. The number of hydrogen-bond acceptors (Lipinski definition) is 7. The summed E-state index contributed by atoms with van der Waals surface area (Å²) in [6.07, 6.45) is -1.56. The van der Waals surface area contributed by atoms with Crippen molar-refractivity contribution in [3.05, 3.63) is 48.2 Å². The van der Waals surface area contributed by atoms with Crippen molar-refractivity contribution in [1.29, 1.82) is 0 Å². The minimum absolute atomic E-state index is 0.0261. The first-order valence-electron chi connectivity index (χ1n) is 13.4. The standard InChI is InChI=1S/C27H36F3N5O4S/c1-26(2,3)39-25(36)33-21-10-14-34(15-11-21)22-5-7-23(8-6-22)40(37,38)35-16-12-20(13-17-35)32-24-9-4-19(18-31-24)27(28,29)30/h4-9,18,20-21H,10-17H2,1-3H3,(H,31,32)(H,33,36). The van der Waals surface area contributed by atoms with Crippen molar-refractivity contribution >= 4 is 27.6 Å². The number of rotatable bonds is 6. The van der Waals surface area contributed by atoms with E-state index < -0.39 is 33.5 Å². The second-order valence-corrected chi connectivity index (χ2v) is 13.1. The van der Waals surface area contributed by atoms with E-state index in [1.54, 1.807) is 24.3 Å². The van der Waals surface area contributed by atoms with Gasteiger partial charge in [-0.15, -0.1) is 0 Å². The molecule has 13 heteroatoms. The van der Waals surface area contributed by atoms with Gasteiger partial charge in [0.2, 0.25) is 10.0 Å². The van der Waals surface area contributed by atoms with Gasteiger partial charge in [-0.3, -0.25) is 0 Å². The Morgan fingerprint density at radius 2 is 1.52 bits per heavy atom. The Hall–Kier alpha value is -3.06. The Bertz CT molecular complexity index is 1250. The average molecular weight is 584 g/mol. The third kappa shape index (κ3) is 7.78. The number of nitrogens with zero attached hydrogens (tertiary/aromatic N) is 3. The molecule has 2 aromatic rings. The number of nitrogens with one attached hydrogen (secondary N) is 2. The van der Waals surface area contributed by atoms with Gasteiger partial charge in [-0.2, -0.15) is 17.5 Å². The van der Waals surface area contributed by atoms with E-state index in [4.69, 9.17) is 4.74 Å². The quantitative estimate of drug-likeness (QED) is 0.501. The van der Waals surface area contributed by atoms with E-state index in [9.17, 15) is 26.4 Å². The van der Waals surface area contributed by atoms with Crippen molar-refractivity contribution in [2.75, 3.05) is 36.4 Å². The number of alkyl carbamates (subject to hydrolysis) is 1. The summed E-state index contributed by atoms with van der Waals surface area (Å²) in [4.78, 5) is 18.3. The second kappa shape index (κ2) is 11.8. The molecule has 1 aromatic carbocycles. The number of anilines is 2. The molecule has 9 nitrogen and oxygen atoms in total. The van der Waals surface area contributed by atoms with Crippen LogP contribution in [-0.2, 0) is 20.9 Å². The average Bonchev–Trinajstić information content (AvgIpc) is 2.88. The molecule has 0 unspecified atom stereocenters. The molecule has 220 valence electrons. The van der Waals surface area contributed by atoms with Crippen molar-refractivity contribution in [2.45, 2.75) is 75.2 Å². The number of carbonyl (C=O) groups excluding carboxylic acids is 1. The summed E-state index contributed by atoms with van der Waals surface area (Å²) in [5.74, 6) is 0.328. The Labute approximate surface area is 233 Å². The molecule has 2 aliphatic heterocycles. The van der Waals surface area contributed by atoms with Gasteiger partial charge in [0, 0.05) is 50.1 Å². The number of halogens is 3. The number of hydrogen-bond donors (Lipinski definition) is 2. The van der Waals surface area contributed by atoms with Crippen LogP contribution in [0.5, 0.6) is 0 Å². The van der Waals surface area contributed by atoms with Gasteiger partial charge in [0.15, 0.2) is 0 Å². The fourth-order valence-corrected chi connectivity index (χ4v) is 6.30. The third-order valence-electron chi connectivity index (χ3n) is 6.95. The molecular weight excluding hydrogens is 547 g/mol. The Balaban J connectivity index is 1.26. The minimum atomic E-state index is -4.44. The lowest BCUT2D eigenvalue weighted by Crippen LogP contribution is -2.46. The molecular formula is C27H36F3N5O4S. The molecule has 0 saturated carbocycles. The number of alkyl halides is 3. The van der Waals surface area contributed by atoms with E-state index >= 15 is 0 Å². The van der Waals surface area contributed by atoms with Crippen LogP contribution in [0.1, 0.15) is 52.0 Å². The molecule has 0 spiro atoms. The number of carbonyl (C=O) groups is 1. The molecule has 2 aliphatic rings. The first-order chi connectivity index (χ1) is 18.7.